The summed E-state index contributed by atoms with van der Waals surface area (Å²) in [6.07, 6.45) is 0.621. The second-order valence-electron chi connectivity index (χ2n) is 3.44. The van der Waals surface area contributed by atoms with Crippen molar-refractivity contribution < 1.29 is 14.6 Å². The van der Waals surface area contributed by atoms with Gasteiger partial charge in [0.15, 0.2) is 6.10 Å². The smallest absolute Gasteiger partial charge is 0.333 e. The first-order valence-corrected chi connectivity index (χ1v) is 5.00. The molecule has 15 heavy (non-hydrogen) atoms. The molecule has 1 unspecified atom stereocenters. The van der Waals surface area contributed by atoms with Gasteiger partial charge in [0.2, 0.25) is 0 Å². The van der Waals surface area contributed by atoms with Crippen molar-refractivity contribution in [2.45, 2.75) is 25.9 Å². The lowest BCUT2D eigenvalue weighted by atomic mass is 10.0. The molecule has 82 valence electrons. The second-order valence-corrected chi connectivity index (χ2v) is 3.44. The van der Waals surface area contributed by atoms with Gasteiger partial charge in [-0.1, -0.05) is 31.2 Å². The number of rotatable bonds is 5. The minimum atomic E-state index is -0.917. The maximum atomic E-state index is 10.8. The maximum absolute atomic E-state index is 10.8. The number of methoxy groups -OCH3 is 1. The molecule has 0 saturated heterocycles. The maximum Gasteiger partial charge on any atom is 0.333 e. The van der Waals surface area contributed by atoms with Gasteiger partial charge in [-0.2, -0.15) is 0 Å². The Balaban J connectivity index is 2.74. The van der Waals surface area contributed by atoms with Crippen molar-refractivity contribution >= 4 is 5.97 Å². The molecule has 0 heterocycles. The molecule has 1 rings (SSSR count). The zero-order valence-electron chi connectivity index (χ0n) is 9.06. The van der Waals surface area contributed by atoms with E-state index in [0.717, 1.165) is 12.0 Å². The highest BCUT2D eigenvalue weighted by atomic mass is 16.5. The number of carboxylic acids is 1. The third-order valence-electron chi connectivity index (χ3n) is 2.38. The van der Waals surface area contributed by atoms with Crippen molar-refractivity contribution in [3.63, 3.8) is 0 Å². The molecule has 0 amide bonds. The molecule has 3 heteroatoms. The van der Waals surface area contributed by atoms with E-state index in [2.05, 4.69) is 6.92 Å². The third-order valence-corrected chi connectivity index (χ3v) is 2.38. The average molecular weight is 208 g/mol. The SMILES string of the molecule is CCc1cccc(CC(OC)C(=O)O)c1. The normalized spacial score (nSPS) is 12.4. The molecule has 1 aromatic rings. The van der Waals surface area contributed by atoms with Crippen LogP contribution in [0.1, 0.15) is 18.1 Å². The Morgan fingerprint density at radius 2 is 2.13 bits per heavy atom. The van der Waals surface area contributed by atoms with E-state index in [1.165, 1.54) is 12.7 Å². The topological polar surface area (TPSA) is 46.5 Å². The predicted molar refractivity (Wildman–Crippen MR) is 58.0 cm³/mol. The van der Waals surface area contributed by atoms with E-state index in [0.29, 0.717) is 6.42 Å². The van der Waals surface area contributed by atoms with Gasteiger partial charge in [-0.05, 0) is 17.5 Å². The van der Waals surface area contributed by atoms with E-state index < -0.39 is 12.1 Å². The van der Waals surface area contributed by atoms with Crippen LogP contribution in [0.4, 0.5) is 0 Å². The Morgan fingerprint density at radius 1 is 1.47 bits per heavy atom. The molecular weight excluding hydrogens is 192 g/mol. The van der Waals surface area contributed by atoms with E-state index in [1.54, 1.807) is 0 Å². The highest BCUT2D eigenvalue weighted by Crippen LogP contribution is 2.09. The summed E-state index contributed by atoms with van der Waals surface area (Å²) in [4.78, 5) is 10.8. The van der Waals surface area contributed by atoms with Gasteiger partial charge in [-0.15, -0.1) is 0 Å². The summed E-state index contributed by atoms with van der Waals surface area (Å²) in [5.74, 6) is -0.917. The molecule has 0 saturated carbocycles. The number of carbonyl (C=O) groups is 1. The van der Waals surface area contributed by atoms with Gasteiger partial charge < -0.3 is 9.84 Å². The second kappa shape index (κ2) is 5.51. The molecule has 0 bridgehead atoms. The van der Waals surface area contributed by atoms with E-state index in [1.807, 2.05) is 24.3 Å². The molecule has 0 aromatic heterocycles. The number of benzene rings is 1. The van der Waals surface area contributed by atoms with Gasteiger partial charge in [0.05, 0.1) is 0 Å². The van der Waals surface area contributed by atoms with Crippen molar-refractivity contribution in [1.29, 1.82) is 0 Å². The van der Waals surface area contributed by atoms with Crippen molar-refractivity contribution in [2.24, 2.45) is 0 Å². The number of ether oxygens (including phenoxy) is 1. The zero-order valence-corrected chi connectivity index (χ0v) is 9.06. The van der Waals surface area contributed by atoms with Crippen molar-refractivity contribution in [2.75, 3.05) is 7.11 Å². The highest BCUT2D eigenvalue weighted by molar-refractivity contribution is 5.72. The molecule has 1 aromatic carbocycles. The van der Waals surface area contributed by atoms with Crippen LogP contribution in [0.5, 0.6) is 0 Å². The highest BCUT2D eigenvalue weighted by Gasteiger charge is 2.16. The number of aryl methyl sites for hydroxylation is 1. The van der Waals surface area contributed by atoms with E-state index in [4.69, 9.17) is 9.84 Å². The van der Waals surface area contributed by atoms with Crippen LogP contribution in [-0.4, -0.2) is 24.3 Å². The van der Waals surface area contributed by atoms with Crippen LogP contribution in [0.3, 0.4) is 0 Å². The Hall–Kier alpha value is -1.35. The molecule has 0 fully saturated rings. The van der Waals surface area contributed by atoms with Crippen LogP contribution in [0.15, 0.2) is 24.3 Å². The lowest BCUT2D eigenvalue weighted by molar-refractivity contribution is -0.148. The number of hydrogen-bond donors (Lipinski definition) is 1. The summed E-state index contributed by atoms with van der Waals surface area (Å²) in [5.41, 5.74) is 2.22. The zero-order chi connectivity index (χ0) is 11.3. The molecule has 0 spiro atoms. The van der Waals surface area contributed by atoms with E-state index in [-0.39, 0.29) is 0 Å². The molecule has 0 radical (unpaired) electrons. The van der Waals surface area contributed by atoms with E-state index >= 15 is 0 Å². The van der Waals surface area contributed by atoms with Crippen LogP contribution in [0, 0.1) is 0 Å². The van der Waals surface area contributed by atoms with Crippen molar-refractivity contribution in [1.82, 2.24) is 0 Å². The van der Waals surface area contributed by atoms with Crippen LogP contribution >= 0.6 is 0 Å². The Labute approximate surface area is 89.7 Å². The first-order chi connectivity index (χ1) is 7.17. The standard InChI is InChI=1S/C12H16O3/c1-3-9-5-4-6-10(7-9)8-11(15-2)12(13)14/h4-7,11H,3,8H2,1-2H3,(H,13,14). The van der Waals surface area contributed by atoms with Gasteiger partial charge in [-0.3, -0.25) is 0 Å². The first kappa shape index (κ1) is 11.7. The van der Waals surface area contributed by atoms with Crippen molar-refractivity contribution in [3.05, 3.63) is 35.4 Å². The minimum Gasteiger partial charge on any atom is -0.479 e. The van der Waals surface area contributed by atoms with Crippen LogP contribution in [-0.2, 0) is 22.4 Å². The summed E-state index contributed by atoms with van der Waals surface area (Å²) in [5, 5.41) is 8.84. The summed E-state index contributed by atoms with van der Waals surface area (Å²) in [6, 6.07) is 7.93. The largest absolute Gasteiger partial charge is 0.479 e. The fourth-order valence-corrected chi connectivity index (χ4v) is 1.46. The Kier molecular flexibility index (Phi) is 4.31. The summed E-state index contributed by atoms with van der Waals surface area (Å²) in [7, 11) is 1.42. The predicted octanol–water partition coefficient (Wildman–Crippen LogP) is 1.89. The molecule has 1 N–H and O–H groups in total. The molecular formula is C12H16O3. The molecule has 1 atom stereocenters. The Morgan fingerprint density at radius 3 is 2.67 bits per heavy atom. The van der Waals surface area contributed by atoms with Crippen LogP contribution in [0.25, 0.3) is 0 Å². The average Bonchev–Trinajstić information content (AvgIpc) is 2.25. The summed E-state index contributed by atoms with van der Waals surface area (Å²) < 4.78 is 4.89. The fraction of sp³-hybridized carbons (Fsp3) is 0.417. The fourth-order valence-electron chi connectivity index (χ4n) is 1.46. The number of carboxylic acid groups (broad SMARTS) is 1. The number of aliphatic carboxylic acids is 1. The lowest BCUT2D eigenvalue weighted by Crippen LogP contribution is -2.24. The molecule has 3 nitrogen and oxygen atoms in total. The summed E-state index contributed by atoms with van der Waals surface area (Å²) in [6.45, 7) is 2.07. The minimum absolute atomic E-state index is 0.416. The van der Waals surface area contributed by atoms with E-state index in [9.17, 15) is 4.79 Å². The van der Waals surface area contributed by atoms with Gasteiger partial charge in [0.1, 0.15) is 0 Å². The van der Waals surface area contributed by atoms with Crippen molar-refractivity contribution in [3.8, 4) is 0 Å². The van der Waals surface area contributed by atoms with Gasteiger partial charge in [0, 0.05) is 13.5 Å². The number of hydrogen-bond acceptors (Lipinski definition) is 2. The first-order valence-electron chi connectivity index (χ1n) is 5.00. The molecule has 0 aliphatic heterocycles. The monoisotopic (exact) mass is 208 g/mol. The molecule has 0 aliphatic rings. The van der Waals surface area contributed by atoms with Gasteiger partial charge in [0.25, 0.3) is 0 Å². The van der Waals surface area contributed by atoms with Crippen LogP contribution in [0.2, 0.25) is 0 Å². The van der Waals surface area contributed by atoms with Crippen LogP contribution < -0.4 is 0 Å². The van der Waals surface area contributed by atoms with Gasteiger partial charge in [-0.25, -0.2) is 4.79 Å². The quantitative estimate of drug-likeness (QED) is 0.803. The Bertz CT molecular complexity index is 333. The summed E-state index contributed by atoms with van der Waals surface area (Å²) >= 11 is 0. The molecule has 0 aliphatic carbocycles. The van der Waals surface area contributed by atoms with Gasteiger partial charge >= 0.3 is 5.97 Å². The lowest BCUT2D eigenvalue weighted by Gasteiger charge is -2.10. The third kappa shape index (κ3) is 3.36.